The average molecular weight is 268 g/mol. The fourth-order valence-electron chi connectivity index (χ4n) is 1.60. The van der Waals surface area contributed by atoms with Crippen LogP contribution in [0.3, 0.4) is 0 Å². The summed E-state index contributed by atoms with van der Waals surface area (Å²) in [6.45, 7) is 1.57. The summed E-state index contributed by atoms with van der Waals surface area (Å²) in [4.78, 5) is 25.7. The number of Topliss-reactive ketones (excluding diaryl/α,β-unsaturated/α-hetero) is 1. The highest BCUT2D eigenvalue weighted by molar-refractivity contribution is 7.12. The van der Waals surface area contributed by atoms with Crippen LogP contribution < -0.4 is 5.32 Å². The highest BCUT2D eigenvalue weighted by atomic mass is 32.1. The first-order chi connectivity index (χ1) is 8.63. The zero-order chi connectivity index (χ0) is 13.4. The van der Waals surface area contributed by atoms with Crippen LogP contribution in [0.2, 0.25) is 0 Å². The number of carbonyl (C=O) groups is 2. The Morgan fingerprint density at radius 1 is 1.33 bits per heavy atom. The van der Waals surface area contributed by atoms with Crippen molar-refractivity contribution in [3.63, 3.8) is 0 Å². The lowest BCUT2D eigenvalue weighted by atomic mass is 10.2. The second kappa shape index (κ2) is 8.00. The second-order valence-electron chi connectivity index (χ2n) is 4.23. The molecule has 100 valence electrons. The zero-order valence-electron chi connectivity index (χ0n) is 10.9. The number of rotatable bonds is 8. The van der Waals surface area contributed by atoms with Crippen molar-refractivity contribution < 1.29 is 9.59 Å². The van der Waals surface area contributed by atoms with Gasteiger partial charge in [0.15, 0.2) is 5.78 Å². The first-order valence-electron chi connectivity index (χ1n) is 6.09. The lowest BCUT2D eigenvalue weighted by molar-refractivity contribution is -0.120. The van der Waals surface area contributed by atoms with Gasteiger partial charge in [-0.2, -0.15) is 0 Å². The molecule has 1 heterocycles. The first kappa shape index (κ1) is 14.9. The molecule has 1 N–H and O–H groups in total. The van der Waals surface area contributed by atoms with E-state index in [1.807, 2.05) is 24.6 Å². The molecule has 0 aliphatic carbocycles. The molecule has 5 heteroatoms. The van der Waals surface area contributed by atoms with Gasteiger partial charge in [-0.1, -0.05) is 6.07 Å². The summed E-state index contributed by atoms with van der Waals surface area (Å²) >= 11 is 1.49. The number of carbonyl (C=O) groups excluding carboxylic acids is 2. The molecule has 0 spiro atoms. The van der Waals surface area contributed by atoms with Gasteiger partial charge in [-0.25, -0.2) is 0 Å². The van der Waals surface area contributed by atoms with E-state index >= 15 is 0 Å². The molecule has 0 saturated heterocycles. The summed E-state index contributed by atoms with van der Waals surface area (Å²) in [6.07, 6.45) is 1.91. The van der Waals surface area contributed by atoms with Crippen LogP contribution in [0.4, 0.5) is 0 Å². The molecule has 0 saturated carbocycles. The largest absolute Gasteiger partial charge is 0.359 e. The Morgan fingerprint density at radius 2 is 2.11 bits per heavy atom. The van der Waals surface area contributed by atoms with Gasteiger partial charge in [-0.15, -0.1) is 11.3 Å². The fourth-order valence-corrected chi connectivity index (χ4v) is 2.29. The molecule has 0 atom stereocenters. The SMILES string of the molecule is CNC(=O)CCN(C)CCCC(=O)c1cccs1. The van der Waals surface area contributed by atoms with Gasteiger partial charge in [0.1, 0.15) is 0 Å². The Labute approximate surface area is 112 Å². The normalized spacial score (nSPS) is 10.6. The van der Waals surface area contributed by atoms with Gasteiger partial charge in [-0.05, 0) is 31.5 Å². The van der Waals surface area contributed by atoms with Crippen LogP contribution >= 0.6 is 11.3 Å². The minimum absolute atomic E-state index is 0.0523. The third-order valence-corrected chi connectivity index (χ3v) is 3.65. The number of nitrogens with one attached hydrogen (secondary N) is 1. The monoisotopic (exact) mass is 268 g/mol. The van der Waals surface area contributed by atoms with Gasteiger partial charge in [0.2, 0.25) is 5.91 Å². The summed E-state index contributed by atoms with van der Waals surface area (Å²) < 4.78 is 0. The molecule has 0 bridgehead atoms. The van der Waals surface area contributed by atoms with E-state index in [-0.39, 0.29) is 11.7 Å². The fraction of sp³-hybridized carbons (Fsp3) is 0.538. The molecule has 4 nitrogen and oxygen atoms in total. The van der Waals surface area contributed by atoms with Crippen molar-refractivity contribution in [2.24, 2.45) is 0 Å². The predicted molar refractivity (Wildman–Crippen MR) is 74.1 cm³/mol. The van der Waals surface area contributed by atoms with E-state index in [0.29, 0.717) is 12.8 Å². The molecule has 1 aromatic rings. The molecule has 0 fully saturated rings. The van der Waals surface area contributed by atoms with Crippen molar-refractivity contribution in [1.29, 1.82) is 0 Å². The number of hydrogen-bond acceptors (Lipinski definition) is 4. The number of amides is 1. The standard InChI is InChI=1S/C13H20N2O2S/c1-14-13(17)7-9-15(2)8-3-5-11(16)12-6-4-10-18-12/h4,6,10H,3,5,7-9H2,1-2H3,(H,14,17). The van der Waals surface area contributed by atoms with E-state index in [0.717, 1.165) is 24.4 Å². The molecule has 1 rings (SSSR count). The maximum absolute atomic E-state index is 11.7. The summed E-state index contributed by atoms with van der Waals surface area (Å²) in [6, 6.07) is 3.76. The van der Waals surface area contributed by atoms with Gasteiger partial charge in [0.25, 0.3) is 0 Å². The molecule has 0 aliphatic rings. The Kier molecular flexibility index (Phi) is 6.60. The summed E-state index contributed by atoms with van der Waals surface area (Å²) in [5.74, 6) is 0.265. The summed E-state index contributed by atoms with van der Waals surface area (Å²) in [5, 5.41) is 4.51. The Balaban J connectivity index is 2.14. The topological polar surface area (TPSA) is 49.4 Å². The first-order valence-corrected chi connectivity index (χ1v) is 6.97. The third-order valence-electron chi connectivity index (χ3n) is 2.74. The molecular formula is C13H20N2O2S. The van der Waals surface area contributed by atoms with Crippen molar-refractivity contribution in [2.75, 3.05) is 27.2 Å². The van der Waals surface area contributed by atoms with Gasteiger partial charge >= 0.3 is 0 Å². The van der Waals surface area contributed by atoms with Crippen molar-refractivity contribution in [3.05, 3.63) is 22.4 Å². The molecular weight excluding hydrogens is 248 g/mol. The molecule has 0 unspecified atom stereocenters. The molecule has 18 heavy (non-hydrogen) atoms. The second-order valence-corrected chi connectivity index (χ2v) is 5.18. The maximum Gasteiger partial charge on any atom is 0.221 e. The molecule has 0 aliphatic heterocycles. The minimum Gasteiger partial charge on any atom is -0.359 e. The smallest absolute Gasteiger partial charge is 0.221 e. The van der Waals surface area contributed by atoms with Crippen LogP contribution in [-0.2, 0) is 4.79 Å². The van der Waals surface area contributed by atoms with Crippen LogP contribution in [0.15, 0.2) is 17.5 Å². The van der Waals surface area contributed by atoms with Crippen LogP contribution in [0.25, 0.3) is 0 Å². The molecule has 1 aromatic heterocycles. The lowest BCUT2D eigenvalue weighted by Gasteiger charge is -2.15. The number of ketones is 1. The van der Waals surface area contributed by atoms with Crippen LogP contribution in [-0.4, -0.2) is 43.8 Å². The molecule has 1 amide bonds. The van der Waals surface area contributed by atoms with E-state index in [9.17, 15) is 9.59 Å². The van der Waals surface area contributed by atoms with E-state index in [1.54, 1.807) is 7.05 Å². The van der Waals surface area contributed by atoms with E-state index in [2.05, 4.69) is 10.2 Å². The number of nitrogens with zero attached hydrogens (tertiary/aromatic N) is 1. The van der Waals surface area contributed by atoms with Crippen molar-refractivity contribution >= 4 is 23.0 Å². The highest BCUT2D eigenvalue weighted by Gasteiger charge is 2.07. The Bertz CT molecular complexity index is 376. The summed E-state index contributed by atoms with van der Waals surface area (Å²) in [7, 11) is 3.61. The lowest BCUT2D eigenvalue weighted by Crippen LogP contribution is -2.27. The summed E-state index contributed by atoms with van der Waals surface area (Å²) in [5.41, 5.74) is 0. The third kappa shape index (κ3) is 5.42. The Morgan fingerprint density at radius 3 is 2.72 bits per heavy atom. The average Bonchev–Trinajstić information content (AvgIpc) is 2.89. The minimum atomic E-state index is 0.0523. The van der Waals surface area contributed by atoms with Crippen molar-refractivity contribution in [1.82, 2.24) is 10.2 Å². The molecule has 0 radical (unpaired) electrons. The van der Waals surface area contributed by atoms with Crippen LogP contribution in [0, 0.1) is 0 Å². The van der Waals surface area contributed by atoms with Crippen molar-refractivity contribution in [3.8, 4) is 0 Å². The van der Waals surface area contributed by atoms with Gasteiger partial charge in [-0.3, -0.25) is 9.59 Å². The van der Waals surface area contributed by atoms with E-state index in [1.165, 1.54) is 11.3 Å². The van der Waals surface area contributed by atoms with Gasteiger partial charge < -0.3 is 10.2 Å². The molecule has 0 aromatic carbocycles. The highest BCUT2D eigenvalue weighted by Crippen LogP contribution is 2.12. The quantitative estimate of drug-likeness (QED) is 0.731. The van der Waals surface area contributed by atoms with Crippen molar-refractivity contribution in [2.45, 2.75) is 19.3 Å². The Hall–Kier alpha value is -1.20. The van der Waals surface area contributed by atoms with E-state index < -0.39 is 0 Å². The van der Waals surface area contributed by atoms with Crippen LogP contribution in [0.5, 0.6) is 0 Å². The number of thiophene rings is 1. The predicted octanol–water partition coefficient (Wildman–Crippen LogP) is 1.78. The zero-order valence-corrected chi connectivity index (χ0v) is 11.8. The van der Waals surface area contributed by atoms with Gasteiger partial charge in [0, 0.05) is 26.4 Å². The van der Waals surface area contributed by atoms with Gasteiger partial charge in [0.05, 0.1) is 4.88 Å². The number of hydrogen-bond donors (Lipinski definition) is 1. The van der Waals surface area contributed by atoms with Crippen LogP contribution in [0.1, 0.15) is 28.9 Å². The van der Waals surface area contributed by atoms with E-state index in [4.69, 9.17) is 0 Å². The maximum atomic E-state index is 11.7.